The number of aromatic amines is 1. The van der Waals surface area contributed by atoms with Crippen molar-refractivity contribution in [3.05, 3.63) is 59.3 Å². The zero-order valence-electron chi connectivity index (χ0n) is 17.2. The van der Waals surface area contributed by atoms with Crippen LogP contribution in [0.1, 0.15) is 37.1 Å². The summed E-state index contributed by atoms with van der Waals surface area (Å²) >= 11 is 0. The topological polar surface area (TPSA) is 57.4 Å². The Morgan fingerprint density at radius 3 is 2.83 bits per heavy atom. The monoisotopic (exact) mass is 389 g/mol. The number of para-hydroxylation sites is 1. The molecule has 150 valence electrons. The van der Waals surface area contributed by atoms with E-state index in [2.05, 4.69) is 42.3 Å². The molecular formula is C24H27N3O2. The summed E-state index contributed by atoms with van der Waals surface area (Å²) < 4.78 is 5.44. The number of aromatic nitrogens is 1. The van der Waals surface area contributed by atoms with Gasteiger partial charge in [-0.25, -0.2) is 0 Å². The summed E-state index contributed by atoms with van der Waals surface area (Å²) in [5, 5.41) is 4.75. The summed E-state index contributed by atoms with van der Waals surface area (Å²) in [6.07, 6.45) is 1.86. The first-order valence-corrected chi connectivity index (χ1v) is 10.4. The molecule has 3 heterocycles. The van der Waals surface area contributed by atoms with Crippen LogP contribution in [0.4, 0.5) is 5.69 Å². The van der Waals surface area contributed by atoms with Crippen LogP contribution in [-0.4, -0.2) is 31.1 Å². The van der Waals surface area contributed by atoms with Crippen LogP contribution in [0.3, 0.4) is 0 Å². The Labute approximate surface area is 171 Å². The first kappa shape index (κ1) is 18.3. The predicted octanol–water partition coefficient (Wildman–Crippen LogP) is 3.96. The maximum atomic E-state index is 13.9. The highest BCUT2D eigenvalue weighted by atomic mass is 16.5. The minimum absolute atomic E-state index is 0.124. The van der Waals surface area contributed by atoms with Crippen molar-refractivity contribution < 1.29 is 9.53 Å². The van der Waals surface area contributed by atoms with Crippen molar-refractivity contribution in [1.29, 1.82) is 0 Å². The summed E-state index contributed by atoms with van der Waals surface area (Å²) in [4.78, 5) is 19.5. The molecule has 2 N–H and O–H groups in total. The number of anilines is 1. The third kappa shape index (κ3) is 2.53. The van der Waals surface area contributed by atoms with Crippen LogP contribution in [0.25, 0.3) is 10.9 Å². The van der Waals surface area contributed by atoms with Crippen molar-refractivity contribution in [3.63, 3.8) is 0 Å². The summed E-state index contributed by atoms with van der Waals surface area (Å²) in [7, 11) is 1.69. The van der Waals surface area contributed by atoms with Gasteiger partial charge >= 0.3 is 0 Å². The first-order valence-electron chi connectivity index (χ1n) is 10.4. The van der Waals surface area contributed by atoms with E-state index in [0.29, 0.717) is 5.92 Å². The van der Waals surface area contributed by atoms with Gasteiger partial charge in [0.05, 0.1) is 12.8 Å². The number of hydrogen-bond acceptors (Lipinski definition) is 3. The Morgan fingerprint density at radius 1 is 1.21 bits per heavy atom. The van der Waals surface area contributed by atoms with E-state index in [0.717, 1.165) is 59.5 Å². The lowest BCUT2D eigenvalue weighted by atomic mass is 9.82. The fourth-order valence-corrected chi connectivity index (χ4v) is 4.87. The zero-order chi connectivity index (χ0) is 20.2. The van der Waals surface area contributed by atoms with Gasteiger partial charge in [0, 0.05) is 35.2 Å². The van der Waals surface area contributed by atoms with E-state index in [-0.39, 0.29) is 5.91 Å². The number of nitrogens with one attached hydrogen (secondary N) is 2. The predicted molar refractivity (Wildman–Crippen MR) is 116 cm³/mol. The SMILES string of the molecule is COc1ccc2[nH]c3c(c2c1)CCN[C@]31C(=O)N(CCC(C)C)c2ccccc21. The second kappa shape index (κ2) is 6.63. The number of benzene rings is 2. The highest BCUT2D eigenvalue weighted by molar-refractivity contribution is 6.11. The molecule has 0 radical (unpaired) electrons. The van der Waals surface area contributed by atoms with Gasteiger partial charge in [-0.05, 0) is 48.6 Å². The molecular weight excluding hydrogens is 362 g/mol. The van der Waals surface area contributed by atoms with Crippen LogP contribution in [0, 0.1) is 5.92 Å². The van der Waals surface area contributed by atoms with E-state index in [1.807, 2.05) is 29.2 Å². The zero-order valence-corrected chi connectivity index (χ0v) is 17.2. The fourth-order valence-electron chi connectivity index (χ4n) is 4.87. The van der Waals surface area contributed by atoms with Gasteiger partial charge in [0.15, 0.2) is 5.54 Å². The number of ether oxygens (including phenoxy) is 1. The lowest BCUT2D eigenvalue weighted by Crippen LogP contribution is -2.55. The van der Waals surface area contributed by atoms with Crippen molar-refractivity contribution >= 4 is 22.5 Å². The van der Waals surface area contributed by atoms with E-state index in [4.69, 9.17) is 4.74 Å². The van der Waals surface area contributed by atoms with Crippen molar-refractivity contribution in [2.45, 2.75) is 32.2 Å². The third-order valence-electron chi connectivity index (χ3n) is 6.35. The number of H-pyrrole nitrogens is 1. The van der Waals surface area contributed by atoms with Crippen LogP contribution in [0.2, 0.25) is 0 Å². The Hall–Kier alpha value is -2.79. The first-order chi connectivity index (χ1) is 14.1. The van der Waals surface area contributed by atoms with Gasteiger partial charge in [-0.1, -0.05) is 32.0 Å². The molecule has 2 aliphatic rings. The number of fused-ring (bicyclic) bond motifs is 6. The van der Waals surface area contributed by atoms with Gasteiger partial charge in [0.1, 0.15) is 5.75 Å². The molecule has 0 saturated heterocycles. The molecule has 5 rings (SSSR count). The van der Waals surface area contributed by atoms with Crippen molar-refractivity contribution in [1.82, 2.24) is 10.3 Å². The van der Waals surface area contributed by atoms with E-state index < -0.39 is 5.54 Å². The molecule has 0 fully saturated rings. The largest absolute Gasteiger partial charge is 0.497 e. The number of nitrogens with zero attached hydrogens (tertiary/aromatic N) is 1. The molecule has 0 bridgehead atoms. The molecule has 1 atom stereocenters. The molecule has 2 aromatic carbocycles. The van der Waals surface area contributed by atoms with Gasteiger partial charge in [-0.15, -0.1) is 0 Å². The van der Waals surface area contributed by atoms with Crippen LogP contribution >= 0.6 is 0 Å². The van der Waals surface area contributed by atoms with Gasteiger partial charge in [0.2, 0.25) is 0 Å². The number of carbonyl (C=O) groups excluding carboxylic acids is 1. The molecule has 1 spiro atoms. The number of rotatable bonds is 4. The number of hydrogen-bond donors (Lipinski definition) is 2. The number of carbonyl (C=O) groups is 1. The molecule has 5 nitrogen and oxygen atoms in total. The van der Waals surface area contributed by atoms with Crippen LogP contribution in [-0.2, 0) is 16.8 Å². The number of amides is 1. The summed E-state index contributed by atoms with van der Waals surface area (Å²) in [6.45, 7) is 5.89. The van der Waals surface area contributed by atoms with Crippen LogP contribution < -0.4 is 15.0 Å². The fraction of sp³-hybridized carbons (Fsp3) is 0.375. The van der Waals surface area contributed by atoms with Crippen molar-refractivity contribution in [2.24, 2.45) is 5.92 Å². The van der Waals surface area contributed by atoms with E-state index in [1.54, 1.807) is 7.11 Å². The third-order valence-corrected chi connectivity index (χ3v) is 6.35. The Morgan fingerprint density at radius 2 is 2.03 bits per heavy atom. The summed E-state index contributed by atoms with van der Waals surface area (Å²) in [5.74, 6) is 1.50. The molecule has 29 heavy (non-hydrogen) atoms. The smallest absolute Gasteiger partial charge is 0.258 e. The lowest BCUT2D eigenvalue weighted by molar-refractivity contribution is -0.123. The molecule has 2 aliphatic heterocycles. The molecule has 0 saturated carbocycles. The lowest BCUT2D eigenvalue weighted by Gasteiger charge is -2.34. The van der Waals surface area contributed by atoms with Crippen LogP contribution in [0.5, 0.6) is 5.75 Å². The quantitative estimate of drug-likeness (QED) is 0.710. The second-order valence-electron chi connectivity index (χ2n) is 8.47. The van der Waals surface area contributed by atoms with Crippen LogP contribution in [0.15, 0.2) is 42.5 Å². The van der Waals surface area contributed by atoms with Gasteiger partial charge in [0.25, 0.3) is 5.91 Å². The summed E-state index contributed by atoms with van der Waals surface area (Å²) in [5.41, 5.74) is 4.48. The minimum Gasteiger partial charge on any atom is -0.497 e. The minimum atomic E-state index is -0.840. The molecule has 3 aromatic rings. The second-order valence-corrected chi connectivity index (χ2v) is 8.47. The summed E-state index contributed by atoms with van der Waals surface area (Å²) in [6, 6.07) is 14.3. The Balaban J connectivity index is 1.71. The van der Waals surface area contributed by atoms with Crippen molar-refractivity contribution in [2.75, 3.05) is 25.1 Å². The Kier molecular flexibility index (Phi) is 4.17. The Bertz CT molecular complexity index is 1100. The highest BCUT2D eigenvalue weighted by Crippen LogP contribution is 2.48. The standard InChI is InChI=1S/C24H27N3O2/c1-15(2)11-13-27-21-7-5-4-6-19(21)24(23(27)28)22-17(10-12-25-24)18-14-16(29-3)8-9-20(18)26-22/h4-9,14-15,25-26H,10-13H2,1-3H3/t24-/m0/s1. The molecule has 1 amide bonds. The maximum absolute atomic E-state index is 13.9. The maximum Gasteiger partial charge on any atom is 0.258 e. The molecule has 0 aliphatic carbocycles. The molecule has 0 unspecified atom stereocenters. The molecule has 5 heteroatoms. The van der Waals surface area contributed by atoms with E-state index in [1.165, 1.54) is 5.56 Å². The van der Waals surface area contributed by atoms with Gasteiger partial charge in [-0.3, -0.25) is 10.1 Å². The van der Waals surface area contributed by atoms with Gasteiger partial charge < -0.3 is 14.6 Å². The average Bonchev–Trinajstić information content (AvgIpc) is 3.22. The normalized spacial score (nSPS) is 20.6. The van der Waals surface area contributed by atoms with E-state index >= 15 is 0 Å². The average molecular weight is 389 g/mol. The molecule has 1 aromatic heterocycles. The van der Waals surface area contributed by atoms with E-state index in [9.17, 15) is 4.79 Å². The van der Waals surface area contributed by atoms with Crippen molar-refractivity contribution in [3.8, 4) is 5.75 Å². The van der Waals surface area contributed by atoms with Gasteiger partial charge in [-0.2, -0.15) is 0 Å². The number of methoxy groups -OCH3 is 1. The highest BCUT2D eigenvalue weighted by Gasteiger charge is 2.55.